The maximum absolute atomic E-state index is 13.3. The van der Waals surface area contributed by atoms with Crippen LogP contribution in [0.25, 0.3) is 10.9 Å². The van der Waals surface area contributed by atoms with Crippen molar-refractivity contribution < 1.29 is 13.2 Å². The molecule has 5 nitrogen and oxygen atoms in total. The predicted octanol–water partition coefficient (Wildman–Crippen LogP) is 3.76. The van der Waals surface area contributed by atoms with Crippen LogP contribution in [0.2, 0.25) is 0 Å². The van der Waals surface area contributed by atoms with E-state index in [-0.39, 0.29) is 0 Å². The Morgan fingerprint density at radius 1 is 0.815 bits per heavy atom. The van der Waals surface area contributed by atoms with Crippen molar-refractivity contribution in [3.8, 4) is 0 Å². The van der Waals surface area contributed by atoms with Gasteiger partial charge in [-0.05, 0) is 30.7 Å². The number of anilines is 2. The van der Waals surface area contributed by atoms with Gasteiger partial charge in [0.1, 0.15) is 11.6 Å². The summed E-state index contributed by atoms with van der Waals surface area (Å²) in [5.41, 5.74) is 0.306. The summed E-state index contributed by atoms with van der Waals surface area (Å²) in [7, 11) is 0. The van der Waals surface area contributed by atoms with Crippen LogP contribution in [0.4, 0.5) is 24.8 Å². The highest BCUT2D eigenvalue weighted by Crippen LogP contribution is 2.32. The minimum Gasteiger partial charge on any atom is -0.355 e. The summed E-state index contributed by atoms with van der Waals surface area (Å²) in [6, 6.07) is 12.6. The summed E-state index contributed by atoms with van der Waals surface area (Å²) in [5, 5.41) is 0.636. The zero-order valence-electron chi connectivity index (χ0n) is 14.5. The zero-order chi connectivity index (χ0) is 18.9. The van der Waals surface area contributed by atoms with E-state index in [1.807, 2.05) is 23.1 Å². The Morgan fingerprint density at radius 2 is 1.56 bits per heavy atom. The number of fused-ring (bicyclic) bond motifs is 1. The molecule has 0 bridgehead atoms. The molecule has 0 saturated carbocycles. The Morgan fingerprint density at radius 3 is 2.33 bits per heavy atom. The van der Waals surface area contributed by atoms with Crippen molar-refractivity contribution in [3.05, 3.63) is 54.5 Å². The van der Waals surface area contributed by atoms with E-state index in [4.69, 9.17) is 0 Å². The summed E-state index contributed by atoms with van der Waals surface area (Å²) in [6.45, 7) is 2.65. The first-order valence-electron chi connectivity index (χ1n) is 8.77. The first-order valence-corrected chi connectivity index (χ1v) is 8.77. The Bertz CT molecular complexity index is 930. The van der Waals surface area contributed by atoms with Crippen molar-refractivity contribution in [2.24, 2.45) is 0 Å². The van der Waals surface area contributed by atoms with Crippen molar-refractivity contribution >= 4 is 22.5 Å². The normalized spacial score (nSPS) is 15.8. The fourth-order valence-electron chi connectivity index (χ4n) is 3.33. The molecule has 1 aliphatic rings. The predicted molar refractivity (Wildman–Crippen MR) is 97.8 cm³/mol. The molecule has 1 aliphatic heterocycles. The molecule has 4 rings (SSSR count). The first kappa shape index (κ1) is 17.5. The highest BCUT2D eigenvalue weighted by molar-refractivity contribution is 5.89. The van der Waals surface area contributed by atoms with Crippen LogP contribution in [0, 0.1) is 0 Å². The van der Waals surface area contributed by atoms with Gasteiger partial charge in [-0.15, -0.1) is 0 Å². The first-order chi connectivity index (χ1) is 13.0. The number of hydrogen-bond acceptors (Lipinski definition) is 5. The number of para-hydroxylation sites is 1. The molecule has 140 valence electrons. The fraction of sp³-hybridized carbons (Fsp3) is 0.316. The Kier molecular flexibility index (Phi) is 4.55. The SMILES string of the molecule is FC(F)(F)c1nc(N2CCCN(c3ccccn3)CC2)c2ccccc2n1. The van der Waals surface area contributed by atoms with Crippen LogP contribution in [0.15, 0.2) is 48.7 Å². The van der Waals surface area contributed by atoms with E-state index in [1.165, 1.54) is 0 Å². The van der Waals surface area contributed by atoms with Crippen LogP contribution >= 0.6 is 0 Å². The van der Waals surface area contributed by atoms with Crippen molar-refractivity contribution in [2.45, 2.75) is 12.6 Å². The standard InChI is InChI=1S/C19H18F3N5/c20-19(21,22)18-24-15-7-2-1-6-14(15)17(25-18)27-11-5-10-26(12-13-27)16-8-3-4-9-23-16/h1-4,6-9H,5,10-13H2. The van der Waals surface area contributed by atoms with Gasteiger partial charge in [0.2, 0.25) is 5.82 Å². The third-order valence-corrected chi connectivity index (χ3v) is 4.61. The molecular weight excluding hydrogens is 355 g/mol. The second-order valence-corrected chi connectivity index (χ2v) is 6.40. The second kappa shape index (κ2) is 7.02. The third-order valence-electron chi connectivity index (χ3n) is 4.61. The molecule has 0 amide bonds. The molecule has 0 spiro atoms. The van der Waals surface area contributed by atoms with E-state index in [1.54, 1.807) is 30.5 Å². The highest BCUT2D eigenvalue weighted by atomic mass is 19.4. The monoisotopic (exact) mass is 373 g/mol. The summed E-state index contributed by atoms with van der Waals surface area (Å²) in [5.74, 6) is 0.126. The third kappa shape index (κ3) is 3.65. The van der Waals surface area contributed by atoms with Crippen molar-refractivity contribution in [2.75, 3.05) is 36.0 Å². The van der Waals surface area contributed by atoms with Gasteiger partial charge in [0.15, 0.2) is 0 Å². The molecule has 0 aliphatic carbocycles. The largest absolute Gasteiger partial charge is 0.451 e. The minimum absolute atomic E-state index is 0.306. The lowest BCUT2D eigenvalue weighted by atomic mass is 10.2. The summed E-state index contributed by atoms with van der Waals surface area (Å²) in [6.07, 6.45) is -2.04. The molecule has 1 fully saturated rings. The van der Waals surface area contributed by atoms with Gasteiger partial charge in [-0.25, -0.2) is 15.0 Å². The quantitative estimate of drug-likeness (QED) is 0.684. The number of hydrogen-bond donors (Lipinski definition) is 0. The molecule has 2 aromatic heterocycles. The topological polar surface area (TPSA) is 45.2 Å². The van der Waals surface area contributed by atoms with Crippen molar-refractivity contribution in [1.82, 2.24) is 15.0 Å². The van der Waals surface area contributed by atoms with Crippen LogP contribution < -0.4 is 9.80 Å². The molecule has 0 radical (unpaired) electrons. The van der Waals surface area contributed by atoms with Crippen LogP contribution in [0.5, 0.6) is 0 Å². The maximum atomic E-state index is 13.3. The Balaban J connectivity index is 1.67. The second-order valence-electron chi connectivity index (χ2n) is 6.40. The van der Waals surface area contributed by atoms with Crippen LogP contribution in [-0.4, -0.2) is 41.1 Å². The fourth-order valence-corrected chi connectivity index (χ4v) is 3.33. The molecule has 1 aromatic carbocycles. The van der Waals surface area contributed by atoms with E-state index in [0.717, 1.165) is 18.8 Å². The van der Waals surface area contributed by atoms with Crippen molar-refractivity contribution in [1.29, 1.82) is 0 Å². The number of halogens is 3. The number of benzene rings is 1. The number of rotatable bonds is 2. The molecule has 8 heteroatoms. The van der Waals surface area contributed by atoms with Gasteiger partial charge in [0.05, 0.1) is 5.52 Å². The van der Waals surface area contributed by atoms with E-state index >= 15 is 0 Å². The number of alkyl halides is 3. The molecule has 0 N–H and O–H groups in total. The average Bonchev–Trinajstić information content (AvgIpc) is 2.93. The summed E-state index contributed by atoms with van der Waals surface area (Å²) >= 11 is 0. The molecule has 3 aromatic rings. The minimum atomic E-state index is -4.58. The van der Waals surface area contributed by atoms with E-state index in [2.05, 4.69) is 19.9 Å². The highest BCUT2D eigenvalue weighted by Gasteiger charge is 2.36. The summed E-state index contributed by atoms with van der Waals surface area (Å²) < 4.78 is 39.8. The molecule has 1 saturated heterocycles. The van der Waals surface area contributed by atoms with Gasteiger partial charge in [-0.3, -0.25) is 0 Å². The average molecular weight is 373 g/mol. The maximum Gasteiger partial charge on any atom is 0.451 e. The van der Waals surface area contributed by atoms with Crippen LogP contribution in [-0.2, 0) is 6.18 Å². The smallest absolute Gasteiger partial charge is 0.355 e. The van der Waals surface area contributed by atoms with Crippen LogP contribution in [0.3, 0.4) is 0 Å². The van der Waals surface area contributed by atoms with Gasteiger partial charge < -0.3 is 9.80 Å². The van der Waals surface area contributed by atoms with Crippen LogP contribution in [0.1, 0.15) is 12.2 Å². The molecule has 27 heavy (non-hydrogen) atoms. The van der Waals surface area contributed by atoms with E-state index < -0.39 is 12.0 Å². The number of nitrogens with zero attached hydrogens (tertiary/aromatic N) is 5. The number of aromatic nitrogens is 3. The Labute approximate surface area is 154 Å². The van der Waals surface area contributed by atoms with Gasteiger partial charge in [0, 0.05) is 37.8 Å². The van der Waals surface area contributed by atoms with E-state index in [0.29, 0.717) is 36.4 Å². The summed E-state index contributed by atoms with van der Waals surface area (Å²) in [4.78, 5) is 16.0. The van der Waals surface area contributed by atoms with Gasteiger partial charge in [0.25, 0.3) is 0 Å². The van der Waals surface area contributed by atoms with E-state index in [9.17, 15) is 13.2 Å². The Hall–Kier alpha value is -2.90. The van der Waals surface area contributed by atoms with Gasteiger partial charge in [-0.1, -0.05) is 18.2 Å². The number of pyridine rings is 1. The lowest BCUT2D eigenvalue weighted by Crippen LogP contribution is -2.32. The zero-order valence-corrected chi connectivity index (χ0v) is 14.5. The van der Waals surface area contributed by atoms with Gasteiger partial charge in [-0.2, -0.15) is 13.2 Å². The molecule has 0 unspecified atom stereocenters. The van der Waals surface area contributed by atoms with Gasteiger partial charge >= 0.3 is 6.18 Å². The molecule has 0 atom stereocenters. The molecular formula is C19H18F3N5. The lowest BCUT2D eigenvalue weighted by molar-refractivity contribution is -0.144. The molecule has 3 heterocycles. The van der Waals surface area contributed by atoms with Crippen molar-refractivity contribution in [3.63, 3.8) is 0 Å². The lowest BCUT2D eigenvalue weighted by Gasteiger charge is -2.25.